The number of hydrogen-bond acceptors (Lipinski definition) is 4. The summed E-state index contributed by atoms with van der Waals surface area (Å²) in [7, 11) is 0. The molecule has 138 valence electrons. The minimum Gasteiger partial charge on any atom is -0.508 e. The van der Waals surface area contributed by atoms with Gasteiger partial charge in [0.25, 0.3) is 5.91 Å². The number of phenols is 1. The highest BCUT2D eigenvalue weighted by molar-refractivity contribution is 5.95. The Balaban J connectivity index is 1.94. The zero-order valence-electron chi connectivity index (χ0n) is 15.5. The van der Waals surface area contributed by atoms with Gasteiger partial charge in [-0.15, -0.1) is 0 Å². The average Bonchev–Trinajstić information content (AvgIpc) is 2.66. The summed E-state index contributed by atoms with van der Waals surface area (Å²) in [5, 5.41) is 13.2. The molecular formula is C21H27N3O2. The summed E-state index contributed by atoms with van der Waals surface area (Å²) in [5.41, 5.74) is 5.07. The van der Waals surface area contributed by atoms with Crippen molar-refractivity contribution in [2.75, 3.05) is 18.0 Å². The normalized spacial score (nSPS) is 10.8. The van der Waals surface area contributed by atoms with Crippen molar-refractivity contribution in [2.24, 2.45) is 5.10 Å². The van der Waals surface area contributed by atoms with E-state index in [2.05, 4.69) is 41.4 Å². The van der Waals surface area contributed by atoms with E-state index < -0.39 is 0 Å². The van der Waals surface area contributed by atoms with Crippen molar-refractivity contribution in [2.45, 2.75) is 33.1 Å². The summed E-state index contributed by atoms with van der Waals surface area (Å²) >= 11 is 0. The van der Waals surface area contributed by atoms with Crippen molar-refractivity contribution < 1.29 is 9.90 Å². The van der Waals surface area contributed by atoms with Gasteiger partial charge in [0.05, 0.1) is 6.21 Å². The van der Waals surface area contributed by atoms with Gasteiger partial charge in [-0.2, -0.15) is 5.10 Å². The van der Waals surface area contributed by atoms with Gasteiger partial charge in [0.15, 0.2) is 0 Å². The molecule has 2 aromatic carbocycles. The Bertz CT molecular complexity index is 709. The number of anilines is 1. The van der Waals surface area contributed by atoms with Crippen LogP contribution in [0.2, 0.25) is 0 Å². The predicted octanol–water partition coefficient (Wildman–Crippen LogP) is 4.17. The Kier molecular flexibility index (Phi) is 7.68. The molecule has 2 aromatic rings. The smallest absolute Gasteiger partial charge is 0.271 e. The standard InChI is InChI=1S/C21H27N3O2/c1-3-5-15-24(14-4-2)19-10-6-17(7-11-19)16-22-23-21(26)18-8-12-20(25)13-9-18/h6-13,16,25H,3-5,14-15H2,1-2H3,(H,23,26)/b22-16+. The van der Waals surface area contributed by atoms with Gasteiger partial charge >= 0.3 is 0 Å². The third kappa shape index (κ3) is 5.92. The van der Waals surface area contributed by atoms with Crippen LogP contribution in [0, 0.1) is 0 Å². The Hall–Kier alpha value is -2.82. The minimum atomic E-state index is -0.313. The highest BCUT2D eigenvalue weighted by atomic mass is 16.3. The lowest BCUT2D eigenvalue weighted by atomic mass is 10.2. The topological polar surface area (TPSA) is 64.9 Å². The van der Waals surface area contributed by atoms with Gasteiger partial charge in [0.1, 0.15) is 5.75 Å². The maximum Gasteiger partial charge on any atom is 0.271 e. The summed E-state index contributed by atoms with van der Waals surface area (Å²) in [6.07, 6.45) is 5.12. The molecule has 2 rings (SSSR count). The van der Waals surface area contributed by atoms with Crippen LogP contribution in [0.25, 0.3) is 0 Å². The third-order valence-corrected chi connectivity index (χ3v) is 4.04. The first-order valence-electron chi connectivity index (χ1n) is 9.11. The SMILES string of the molecule is CCCCN(CCC)c1ccc(/C=N/NC(=O)c2ccc(O)cc2)cc1. The fourth-order valence-electron chi connectivity index (χ4n) is 2.60. The van der Waals surface area contributed by atoms with Crippen LogP contribution in [0.1, 0.15) is 49.0 Å². The van der Waals surface area contributed by atoms with Crippen LogP contribution in [0.5, 0.6) is 5.75 Å². The molecule has 0 atom stereocenters. The first-order chi connectivity index (χ1) is 12.6. The van der Waals surface area contributed by atoms with Crippen molar-refractivity contribution in [3.8, 4) is 5.75 Å². The lowest BCUT2D eigenvalue weighted by molar-refractivity contribution is 0.0955. The molecule has 0 heterocycles. The second kappa shape index (κ2) is 10.2. The van der Waals surface area contributed by atoms with E-state index in [0.717, 1.165) is 25.1 Å². The summed E-state index contributed by atoms with van der Waals surface area (Å²) in [5.74, 6) is -0.187. The minimum absolute atomic E-state index is 0.126. The van der Waals surface area contributed by atoms with Crippen molar-refractivity contribution >= 4 is 17.8 Å². The molecule has 0 spiro atoms. The summed E-state index contributed by atoms with van der Waals surface area (Å²) in [6.45, 7) is 6.52. The summed E-state index contributed by atoms with van der Waals surface area (Å²) in [4.78, 5) is 14.3. The van der Waals surface area contributed by atoms with Crippen molar-refractivity contribution in [3.05, 3.63) is 59.7 Å². The van der Waals surface area contributed by atoms with E-state index in [4.69, 9.17) is 0 Å². The molecule has 0 radical (unpaired) electrons. The van der Waals surface area contributed by atoms with Crippen LogP contribution in [-0.4, -0.2) is 30.3 Å². The van der Waals surface area contributed by atoms with Gasteiger partial charge in [-0.25, -0.2) is 5.43 Å². The number of phenolic OH excluding ortho intramolecular Hbond substituents is 1. The van der Waals surface area contributed by atoms with Gasteiger partial charge in [-0.05, 0) is 54.8 Å². The summed E-state index contributed by atoms with van der Waals surface area (Å²) < 4.78 is 0. The van der Waals surface area contributed by atoms with E-state index in [1.807, 2.05) is 12.1 Å². The quantitative estimate of drug-likeness (QED) is 0.525. The van der Waals surface area contributed by atoms with Crippen LogP contribution in [-0.2, 0) is 0 Å². The molecule has 0 unspecified atom stereocenters. The Morgan fingerprint density at radius 3 is 2.35 bits per heavy atom. The first-order valence-corrected chi connectivity index (χ1v) is 9.11. The van der Waals surface area contributed by atoms with Gasteiger partial charge < -0.3 is 10.0 Å². The number of nitrogens with zero attached hydrogens (tertiary/aromatic N) is 2. The molecule has 2 N–H and O–H groups in total. The predicted molar refractivity (Wildman–Crippen MR) is 107 cm³/mol. The van der Waals surface area contributed by atoms with Crippen LogP contribution >= 0.6 is 0 Å². The number of unbranched alkanes of at least 4 members (excludes halogenated alkanes) is 1. The monoisotopic (exact) mass is 353 g/mol. The Labute approximate surface area is 155 Å². The number of nitrogens with one attached hydrogen (secondary N) is 1. The molecule has 26 heavy (non-hydrogen) atoms. The van der Waals surface area contributed by atoms with E-state index >= 15 is 0 Å². The molecule has 0 saturated heterocycles. The van der Waals surface area contributed by atoms with Crippen LogP contribution in [0.15, 0.2) is 53.6 Å². The molecule has 1 amide bonds. The van der Waals surface area contributed by atoms with E-state index in [0.29, 0.717) is 5.56 Å². The average molecular weight is 353 g/mol. The Morgan fingerprint density at radius 1 is 1.04 bits per heavy atom. The molecule has 0 aliphatic rings. The zero-order chi connectivity index (χ0) is 18.8. The van der Waals surface area contributed by atoms with Gasteiger partial charge in [0.2, 0.25) is 0 Å². The van der Waals surface area contributed by atoms with Crippen molar-refractivity contribution in [1.82, 2.24) is 5.43 Å². The number of carbonyl (C=O) groups is 1. The highest BCUT2D eigenvalue weighted by Gasteiger charge is 2.05. The highest BCUT2D eigenvalue weighted by Crippen LogP contribution is 2.16. The molecule has 0 bridgehead atoms. The fourth-order valence-corrected chi connectivity index (χ4v) is 2.60. The number of rotatable bonds is 9. The summed E-state index contributed by atoms with van der Waals surface area (Å²) in [6, 6.07) is 14.2. The lowest BCUT2D eigenvalue weighted by Gasteiger charge is -2.24. The zero-order valence-corrected chi connectivity index (χ0v) is 15.5. The molecule has 0 aliphatic heterocycles. The molecule has 0 aromatic heterocycles. The van der Waals surface area contributed by atoms with Gasteiger partial charge in [-0.1, -0.05) is 32.4 Å². The number of amides is 1. The van der Waals surface area contributed by atoms with E-state index in [9.17, 15) is 9.90 Å². The number of hydrogen-bond donors (Lipinski definition) is 2. The molecule has 0 aliphatic carbocycles. The van der Waals surface area contributed by atoms with Crippen LogP contribution in [0.4, 0.5) is 5.69 Å². The van der Waals surface area contributed by atoms with E-state index in [1.54, 1.807) is 18.3 Å². The number of carbonyl (C=O) groups excluding carboxylic acids is 1. The van der Waals surface area contributed by atoms with Crippen LogP contribution < -0.4 is 10.3 Å². The molecular weight excluding hydrogens is 326 g/mol. The van der Waals surface area contributed by atoms with Gasteiger partial charge in [0, 0.05) is 24.3 Å². The van der Waals surface area contributed by atoms with Crippen molar-refractivity contribution in [1.29, 1.82) is 0 Å². The number of aromatic hydroxyl groups is 1. The molecule has 5 heteroatoms. The van der Waals surface area contributed by atoms with E-state index in [1.165, 1.54) is 30.7 Å². The number of benzene rings is 2. The van der Waals surface area contributed by atoms with Crippen molar-refractivity contribution in [3.63, 3.8) is 0 Å². The largest absolute Gasteiger partial charge is 0.508 e. The van der Waals surface area contributed by atoms with Gasteiger partial charge in [-0.3, -0.25) is 4.79 Å². The Morgan fingerprint density at radius 2 is 1.73 bits per heavy atom. The van der Waals surface area contributed by atoms with Crippen LogP contribution in [0.3, 0.4) is 0 Å². The maximum absolute atomic E-state index is 11.9. The maximum atomic E-state index is 11.9. The fraction of sp³-hybridized carbons (Fsp3) is 0.333. The third-order valence-electron chi connectivity index (χ3n) is 4.04. The number of hydrazone groups is 1. The first kappa shape index (κ1) is 19.5. The van der Waals surface area contributed by atoms with E-state index in [-0.39, 0.29) is 11.7 Å². The molecule has 0 fully saturated rings. The second-order valence-corrected chi connectivity index (χ2v) is 6.18. The molecule has 0 saturated carbocycles. The second-order valence-electron chi connectivity index (χ2n) is 6.18. The lowest BCUT2D eigenvalue weighted by Crippen LogP contribution is -2.25. The molecule has 5 nitrogen and oxygen atoms in total.